The fourth-order valence-electron chi connectivity index (χ4n) is 7.67. The molecule has 302 valence electrons. The smallest absolute Gasteiger partial charge is 0.305 e. The van der Waals surface area contributed by atoms with E-state index in [-0.39, 0.29) is 24.0 Å². The van der Waals surface area contributed by atoms with Gasteiger partial charge in [0.15, 0.2) is 0 Å². The van der Waals surface area contributed by atoms with Gasteiger partial charge in [0, 0.05) is 19.4 Å². The van der Waals surface area contributed by atoms with Crippen LogP contribution in [0.4, 0.5) is 0 Å². The van der Waals surface area contributed by atoms with Gasteiger partial charge in [0.1, 0.15) is 0 Å². The number of aliphatic hydroxyl groups is 1. The van der Waals surface area contributed by atoms with Crippen LogP contribution in [0.25, 0.3) is 0 Å². The Kier molecular flexibility index (Phi) is 29.3. The maximum absolute atomic E-state index is 12.5. The average molecular weight is 722 g/mol. The van der Waals surface area contributed by atoms with Gasteiger partial charge in [0.2, 0.25) is 0 Å². The van der Waals surface area contributed by atoms with Gasteiger partial charge in [-0.05, 0) is 94.0 Å². The molecular weight excluding hydrogens is 634 g/mol. The zero-order chi connectivity index (χ0) is 37.5. The third-order valence-corrected chi connectivity index (χ3v) is 11.6. The van der Waals surface area contributed by atoms with Crippen molar-refractivity contribution >= 4 is 11.9 Å². The van der Waals surface area contributed by atoms with Crippen molar-refractivity contribution in [2.45, 2.75) is 221 Å². The first-order chi connectivity index (χ1) is 24.7. The number of carbonyl (C=O) groups excluding carboxylic acids is 2. The predicted octanol–water partition coefficient (Wildman–Crippen LogP) is 12.4. The number of unbranched alkanes of at least 4 members (excludes halogenated alkanes) is 13. The molecule has 0 aromatic heterocycles. The molecule has 1 rings (SSSR count). The molecule has 0 atom stereocenters. The summed E-state index contributed by atoms with van der Waals surface area (Å²) in [5, 5.41) is 9.64. The first kappa shape index (κ1) is 47.9. The number of carbonyl (C=O) groups is 2. The SMILES string of the molecule is CCCCCCCCCC(=O)OCC(C)(C)CCCCCN(CCO)CCCCC1(CCC(=O)OCCCC(CCCCC)CCCCC)CC1. The van der Waals surface area contributed by atoms with Crippen LogP contribution in [0.5, 0.6) is 0 Å². The molecule has 0 heterocycles. The molecule has 0 aliphatic heterocycles. The fourth-order valence-corrected chi connectivity index (χ4v) is 7.67. The lowest BCUT2D eigenvalue weighted by Gasteiger charge is -2.25. The third-order valence-electron chi connectivity index (χ3n) is 11.6. The highest BCUT2D eigenvalue weighted by atomic mass is 16.5. The third kappa shape index (κ3) is 28.0. The maximum atomic E-state index is 12.5. The average Bonchev–Trinajstić information content (AvgIpc) is 3.89. The minimum atomic E-state index is -0.0357. The number of hydrogen-bond donors (Lipinski definition) is 1. The molecule has 1 N–H and O–H groups in total. The fraction of sp³-hybridized carbons (Fsp3) is 0.956. The van der Waals surface area contributed by atoms with E-state index in [0.29, 0.717) is 31.5 Å². The Labute approximate surface area is 317 Å². The molecule has 1 aliphatic rings. The van der Waals surface area contributed by atoms with Crippen LogP contribution in [0.3, 0.4) is 0 Å². The zero-order valence-electron chi connectivity index (χ0n) is 34.9. The van der Waals surface area contributed by atoms with E-state index in [9.17, 15) is 14.7 Å². The summed E-state index contributed by atoms with van der Waals surface area (Å²) in [4.78, 5) is 27.2. The topological polar surface area (TPSA) is 76.1 Å². The summed E-state index contributed by atoms with van der Waals surface area (Å²) in [7, 11) is 0. The van der Waals surface area contributed by atoms with E-state index in [2.05, 4.69) is 39.5 Å². The van der Waals surface area contributed by atoms with Gasteiger partial charge in [0.25, 0.3) is 0 Å². The first-order valence-corrected chi connectivity index (χ1v) is 22.3. The van der Waals surface area contributed by atoms with Crippen LogP contribution in [0.2, 0.25) is 0 Å². The van der Waals surface area contributed by atoms with Crippen molar-refractivity contribution in [3.63, 3.8) is 0 Å². The van der Waals surface area contributed by atoms with Crippen LogP contribution in [0.15, 0.2) is 0 Å². The predicted molar refractivity (Wildman–Crippen MR) is 216 cm³/mol. The van der Waals surface area contributed by atoms with Crippen molar-refractivity contribution in [1.29, 1.82) is 0 Å². The minimum Gasteiger partial charge on any atom is -0.466 e. The Morgan fingerprint density at radius 1 is 0.627 bits per heavy atom. The molecule has 0 saturated heterocycles. The summed E-state index contributed by atoms with van der Waals surface area (Å²) in [6.45, 7) is 15.3. The molecule has 0 spiro atoms. The van der Waals surface area contributed by atoms with Crippen LogP contribution < -0.4 is 0 Å². The number of aliphatic hydroxyl groups excluding tert-OH is 1. The Morgan fingerprint density at radius 2 is 1.18 bits per heavy atom. The van der Waals surface area contributed by atoms with Crippen molar-refractivity contribution in [3.8, 4) is 0 Å². The molecule has 1 saturated carbocycles. The lowest BCUT2D eigenvalue weighted by atomic mass is 9.88. The second-order valence-electron chi connectivity index (χ2n) is 17.2. The number of ether oxygens (including phenoxy) is 2. The highest BCUT2D eigenvalue weighted by Crippen LogP contribution is 2.53. The number of rotatable bonds is 38. The van der Waals surface area contributed by atoms with Crippen molar-refractivity contribution < 1.29 is 24.2 Å². The van der Waals surface area contributed by atoms with E-state index in [1.807, 2.05) is 0 Å². The molecule has 6 heteroatoms. The normalized spacial score (nSPS) is 14.0. The van der Waals surface area contributed by atoms with Crippen LogP contribution in [-0.4, -0.2) is 61.4 Å². The Morgan fingerprint density at radius 3 is 1.80 bits per heavy atom. The first-order valence-electron chi connectivity index (χ1n) is 22.3. The second kappa shape index (κ2) is 31.2. The number of esters is 2. The molecule has 0 bridgehead atoms. The van der Waals surface area contributed by atoms with E-state index < -0.39 is 0 Å². The van der Waals surface area contributed by atoms with Gasteiger partial charge in [-0.15, -0.1) is 0 Å². The van der Waals surface area contributed by atoms with E-state index in [1.54, 1.807) is 0 Å². The Bertz CT molecular complexity index is 815. The zero-order valence-corrected chi connectivity index (χ0v) is 34.9. The van der Waals surface area contributed by atoms with Crippen LogP contribution in [-0.2, 0) is 19.1 Å². The minimum absolute atomic E-state index is 0.00659. The van der Waals surface area contributed by atoms with Crippen LogP contribution >= 0.6 is 0 Å². The van der Waals surface area contributed by atoms with Gasteiger partial charge in [0.05, 0.1) is 19.8 Å². The van der Waals surface area contributed by atoms with Crippen molar-refractivity contribution in [1.82, 2.24) is 4.90 Å². The number of nitrogens with zero attached hydrogens (tertiary/aromatic N) is 1. The van der Waals surface area contributed by atoms with Crippen LogP contribution in [0.1, 0.15) is 221 Å². The molecule has 0 amide bonds. The van der Waals surface area contributed by atoms with Gasteiger partial charge >= 0.3 is 11.9 Å². The highest BCUT2D eigenvalue weighted by molar-refractivity contribution is 5.69. The standard InChI is InChI=1S/C45H87NO5/c1-6-9-12-13-14-15-19-28-42(48)51-40-44(4,5)30-20-16-22-35-46(37-38-47)36-23-21-31-45(33-34-45)32-29-43(49)50-39-24-27-41(25-17-10-7-2)26-18-11-8-3/h41,47H,6-40H2,1-5H3. The van der Waals surface area contributed by atoms with Crippen molar-refractivity contribution in [2.24, 2.45) is 16.7 Å². The highest BCUT2D eigenvalue weighted by Gasteiger charge is 2.41. The van der Waals surface area contributed by atoms with Gasteiger partial charge in [-0.25, -0.2) is 0 Å². The summed E-state index contributed by atoms with van der Waals surface area (Å²) in [6, 6.07) is 0. The van der Waals surface area contributed by atoms with Gasteiger partial charge in [-0.3, -0.25) is 9.59 Å². The molecule has 0 unspecified atom stereocenters. The molecule has 0 radical (unpaired) electrons. The van der Waals surface area contributed by atoms with E-state index in [4.69, 9.17) is 9.47 Å². The molecule has 0 aromatic carbocycles. The molecule has 51 heavy (non-hydrogen) atoms. The lowest BCUT2D eigenvalue weighted by molar-refractivity contribution is -0.147. The van der Waals surface area contributed by atoms with Gasteiger partial charge < -0.3 is 19.5 Å². The van der Waals surface area contributed by atoms with Gasteiger partial charge in [-0.1, -0.05) is 144 Å². The molecule has 0 aromatic rings. The number of hydrogen-bond acceptors (Lipinski definition) is 6. The summed E-state index contributed by atoms with van der Waals surface area (Å²) in [5.74, 6) is 0.773. The maximum Gasteiger partial charge on any atom is 0.305 e. The summed E-state index contributed by atoms with van der Waals surface area (Å²) in [6.07, 6.45) is 34.0. The summed E-state index contributed by atoms with van der Waals surface area (Å²) >= 11 is 0. The van der Waals surface area contributed by atoms with Crippen molar-refractivity contribution in [3.05, 3.63) is 0 Å². The van der Waals surface area contributed by atoms with E-state index in [0.717, 1.165) is 83.3 Å². The Hall–Kier alpha value is -1.14. The Balaban J connectivity index is 2.15. The molecule has 6 nitrogen and oxygen atoms in total. The lowest BCUT2D eigenvalue weighted by Crippen LogP contribution is -2.29. The summed E-state index contributed by atoms with van der Waals surface area (Å²) < 4.78 is 11.3. The van der Waals surface area contributed by atoms with Crippen molar-refractivity contribution in [2.75, 3.05) is 39.5 Å². The van der Waals surface area contributed by atoms with E-state index >= 15 is 0 Å². The largest absolute Gasteiger partial charge is 0.466 e. The van der Waals surface area contributed by atoms with Crippen LogP contribution in [0, 0.1) is 16.7 Å². The summed E-state index contributed by atoms with van der Waals surface area (Å²) in [5.41, 5.74) is 0.389. The second-order valence-corrected chi connectivity index (χ2v) is 17.2. The van der Waals surface area contributed by atoms with Gasteiger partial charge in [-0.2, -0.15) is 0 Å². The quantitative estimate of drug-likeness (QED) is 0.0505. The van der Waals surface area contributed by atoms with E-state index in [1.165, 1.54) is 116 Å². The molecule has 1 aliphatic carbocycles. The monoisotopic (exact) mass is 722 g/mol. The molecular formula is C45H87NO5. The molecule has 1 fully saturated rings.